The van der Waals surface area contributed by atoms with Crippen molar-refractivity contribution in [2.75, 3.05) is 0 Å². The van der Waals surface area contributed by atoms with E-state index in [4.69, 9.17) is 16.3 Å². The molecule has 2 aromatic rings. The Hall–Kier alpha value is -1.39. The first-order chi connectivity index (χ1) is 8.60. The molecular weight excluding hydrogens is 322 g/mol. The molecule has 2 nitrogen and oxygen atoms in total. The van der Waals surface area contributed by atoms with Crippen LogP contribution in [0.2, 0.25) is 5.02 Å². The summed E-state index contributed by atoms with van der Waals surface area (Å²) in [5.41, 5.74) is 0.259. The summed E-state index contributed by atoms with van der Waals surface area (Å²) in [6.07, 6.45) is 0.574. The first-order valence-electron chi connectivity index (χ1n) is 4.98. The Morgan fingerprint density at radius 1 is 1.17 bits per heavy atom. The van der Waals surface area contributed by atoms with Crippen LogP contribution in [0.1, 0.15) is 10.4 Å². The number of benzene rings is 2. The highest BCUT2D eigenvalue weighted by Gasteiger charge is 2.08. The molecule has 0 atom stereocenters. The summed E-state index contributed by atoms with van der Waals surface area (Å²) in [6.45, 7) is 0. The minimum atomic E-state index is -0.596. The zero-order valence-corrected chi connectivity index (χ0v) is 11.3. The number of aldehydes is 1. The Labute approximate surface area is 116 Å². The van der Waals surface area contributed by atoms with Gasteiger partial charge in [-0.05, 0) is 52.3 Å². The number of rotatable bonds is 3. The fraction of sp³-hybridized carbons (Fsp3) is 0. The van der Waals surface area contributed by atoms with E-state index < -0.39 is 5.82 Å². The number of carbonyl (C=O) groups excluding carboxylic acids is 1. The van der Waals surface area contributed by atoms with Crippen molar-refractivity contribution in [2.45, 2.75) is 0 Å². The lowest BCUT2D eigenvalue weighted by atomic mass is 10.2. The van der Waals surface area contributed by atoms with Crippen molar-refractivity contribution in [3.8, 4) is 11.5 Å². The Bertz CT molecular complexity index is 602. The van der Waals surface area contributed by atoms with Crippen LogP contribution in [0.5, 0.6) is 11.5 Å². The van der Waals surface area contributed by atoms with E-state index >= 15 is 0 Å². The van der Waals surface area contributed by atoms with E-state index in [1.807, 2.05) is 0 Å². The summed E-state index contributed by atoms with van der Waals surface area (Å²) >= 11 is 9.06. The van der Waals surface area contributed by atoms with Crippen LogP contribution >= 0.6 is 27.5 Å². The van der Waals surface area contributed by atoms with Crippen LogP contribution in [0.15, 0.2) is 40.9 Å². The first-order valence-corrected chi connectivity index (χ1v) is 6.15. The van der Waals surface area contributed by atoms with Crippen molar-refractivity contribution in [1.82, 2.24) is 0 Å². The highest BCUT2D eigenvalue weighted by atomic mass is 79.9. The second kappa shape index (κ2) is 5.50. The summed E-state index contributed by atoms with van der Waals surface area (Å²) in [7, 11) is 0. The normalized spacial score (nSPS) is 10.2. The van der Waals surface area contributed by atoms with E-state index in [2.05, 4.69) is 15.9 Å². The van der Waals surface area contributed by atoms with Gasteiger partial charge in [0.2, 0.25) is 0 Å². The molecule has 0 N–H and O–H groups in total. The van der Waals surface area contributed by atoms with Crippen molar-refractivity contribution < 1.29 is 13.9 Å². The maximum atomic E-state index is 13.6. The minimum absolute atomic E-state index is 0.0450. The summed E-state index contributed by atoms with van der Waals surface area (Å²) in [5.74, 6) is -0.109. The Morgan fingerprint density at radius 2 is 1.89 bits per heavy atom. The molecule has 0 aliphatic rings. The number of carbonyl (C=O) groups is 1. The topological polar surface area (TPSA) is 26.3 Å². The number of ether oxygens (including phenoxy) is 1. The van der Waals surface area contributed by atoms with Crippen LogP contribution in [0.3, 0.4) is 0 Å². The molecule has 0 aromatic heterocycles. The van der Waals surface area contributed by atoms with Crippen molar-refractivity contribution in [1.29, 1.82) is 0 Å². The molecule has 18 heavy (non-hydrogen) atoms. The van der Waals surface area contributed by atoms with Gasteiger partial charge in [-0.25, -0.2) is 4.39 Å². The van der Waals surface area contributed by atoms with Gasteiger partial charge in [0.05, 0.1) is 4.47 Å². The van der Waals surface area contributed by atoms with Crippen LogP contribution in [-0.2, 0) is 0 Å². The van der Waals surface area contributed by atoms with Crippen LogP contribution in [0.4, 0.5) is 4.39 Å². The third kappa shape index (κ3) is 2.89. The predicted octanol–water partition coefficient (Wildman–Crippen LogP) is 4.85. The molecule has 0 heterocycles. The molecule has 0 aliphatic heterocycles. The quantitative estimate of drug-likeness (QED) is 0.753. The molecule has 2 aromatic carbocycles. The average Bonchev–Trinajstić information content (AvgIpc) is 2.34. The minimum Gasteiger partial charge on any atom is -0.453 e. The second-order valence-corrected chi connectivity index (χ2v) is 4.78. The van der Waals surface area contributed by atoms with E-state index in [9.17, 15) is 9.18 Å². The lowest BCUT2D eigenvalue weighted by Crippen LogP contribution is -1.91. The van der Waals surface area contributed by atoms with Crippen molar-refractivity contribution in [3.05, 3.63) is 57.3 Å². The highest BCUT2D eigenvalue weighted by Crippen LogP contribution is 2.33. The molecule has 0 unspecified atom stereocenters. The molecule has 0 radical (unpaired) electrons. The fourth-order valence-corrected chi connectivity index (χ4v) is 2.11. The maximum Gasteiger partial charge on any atom is 0.166 e. The molecule has 0 bridgehead atoms. The van der Waals surface area contributed by atoms with Gasteiger partial charge in [-0.1, -0.05) is 11.6 Å². The van der Waals surface area contributed by atoms with E-state index in [-0.39, 0.29) is 11.3 Å². The largest absolute Gasteiger partial charge is 0.453 e. The van der Waals surface area contributed by atoms with Gasteiger partial charge in [0.1, 0.15) is 12.0 Å². The zero-order chi connectivity index (χ0) is 13.1. The monoisotopic (exact) mass is 328 g/mol. The molecule has 92 valence electrons. The van der Waals surface area contributed by atoms with Crippen molar-refractivity contribution in [3.63, 3.8) is 0 Å². The van der Waals surface area contributed by atoms with Gasteiger partial charge in [0, 0.05) is 10.6 Å². The molecular formula is C13H7BrClFO2. The van der Waals surface area contributed by atoms with Crippen LogP contribution in [0, 0.1) is 5.82 Å². The Balaban J connectivity index is 2.31. The molecule has 0 aliphatic carbocycles. The SMILES string of the molecule is O=Cc1ccc(Oc2ccc(Cl)cc2Br)c(F)c1. The van der Waals surface area contributed by atoms with Crippen LogP contribution in [0.25, 0.3) is 0 Å². The van der Waals surface area contributed by atoms with Gasteiger partial charge < -0.3 is 4.74 Å². The van der Waals surface area contributed by atoms with E-state index in [0.717, 1.165) is 6.07 Å². The van der Waals surface area contributed by atoms with Gasteiger partial charge >= 0.3 is 0 Å². The van der Waals surface area contributed by atoms with Gasteiger partial charge in [0.15, 0.2) is 11.6 Å². The van der Waals surface area contributed by atoms with E-state index in [0.29, 0.717) is 21.5 Å². The van der Waals surface area contributed by atoms with E-state index in [1.165, 1.54) is 12.1 Å². The third-order valence-electron chi connectivity index (χ3n) is 2.21. The Morgan fingerprint density at radius 3 is 2.50 bits per heavy atom. The maximum absolute atomic E-state index is 13.6. The summed E-state index contributed by atoms with van der Waals surface area (Å²) in [5, 5.41) is 0.547. The molecule has 5 heteroatoms. The number of halogens is 3. The molecule has 0 spiro atoms. The predicted molar refractivity (Wildman–Crippen MR) is 71.0 cm³/mol. The van der Waals surface area contributed by atoms with Crippen molar-refractivity contribution in [2.24, 2.45) is 0 Å². The number of hydrogen-bond donors (Lipinski definition) is 0. The van der Waals surface area contributed by atoms with Crippen LogP contribution in [-0.4, -0.2) is 6.29 Å². The molecule has 0 saturated carbocycles. The standard InChI is InChI=1S/C13H7BrClFO2/c14-10-6-9(15)2-4-12(10)18-13-3-1-8(7-17)5-11(13)16/h1-7H. The van der Waals surface area contributed by atoms with Crippen molar-refractivity contribution >= 4 is 33.8 Å². The number of hydrogen-bond acceptors (Lipinski definition) is 2. The first kappa shape index (κ1) is 13.1. The zero-order valence-electron chi connectivity index (χ0n) is 8.99. The van der Waals surface area contributed by atoms with Crippen LogP contribution < -0.4 is 4.74 Å². The average molecular weight is 330 g/mol. The fourth-order valence-electron chi connectivity index (χ4n) is 1.35. The Kier molecular flexibility index (Phi) is 3.99. The summed E-state index contributed by atoms with van der Waals surface area (Å²) in [6, 6.07) is 8.91. The third-order valence-corrected chi connectivity index (χ3v) is 3.06. The summed E-state index contributed by atoms with van der Waals surface area (Å²) in [4.78, 5) is 10.5. The smallest absolute Gasteiger partial charge is 0.166 e. The van der Waals surface area contributed by atoms with Gasteiger partial charge in [-0.2, -0.15) is 0 Å². The van der Waals surface area contributed by atoms with Gasteiger partial charge in [0.25, 0.3) is 0 Å². The summed E-state index contributed by atoms with van der Waals surface area (Å²) < 4.78 is 19.6. The van der Waals surface area contributed by atoms with E-state index in [1.54, 1.807) is 18.2 Å². The lowest BCUT2D eigenvalue weighted by molar-refractivity contribution is 0.112. The van der Waals surface area contributed by atoms with Gasteiger partial charge in [-0.3, -0.25) is 4.79 Å². The highest BCUT2D eigenvalue weighted by molar-refractivity contribution is 9.10. The lowest BCUT2D eigenvalue weighted by Gasteiger charge is -2.09. The van der Waals surface area contributed by atoms with Gasteiger partial charge in [-0.15, -0.1) is 0 Å². The molecule has 0 amide bonds. The second-order valence-electron chi connectivity index (χ2n) is 3.48. The molecule has 2 rings (SSSR count). The molecule has 0 saturated heterocycles. The molecule has 0 fully saturated rings.